The van der Waals surface area contributed by atoms with Gasteiger partial charge in [0.1, 0.15) is 11.2 Å². The number of rotatable bonds is 7. The lowest BCUT2D eigenvalue weighted by Crippen LogP contribution is -2.14. The molecule has 0 unspecified atom stereocenters. The highest BCUT2D eigenvalue weighted by atomic mass is 16.3. The number of aromatic nitrogens is 3. The lowest BCUT2D eigenvalue weighted by molar-refractivity contribution is 0.660. The van der Waals surface area contributed by atoms with E-state index in [1.54, 1.807) is 0 Å². The second kappa shape index (κ2) is 15.0. The first kappa shape index (κ1) is 37.5. The van der Waals surface area contributed by atoms with Crippen LogP contribution in [-0.4, -0.2) is 15.0 Å². The topological polar surface area (TPSA) is 51.8 Å². The first-order valence-electron chi connectivity index (χ1n) is 21.8. The van der Waals surface area contributed by atoms with E-state index in [2.05, 4.69) is 196 Å². The van der Waals surface area contributed by atoms with Crippen molar-refractivity contribution in [3.05, 3.63) is 223 Å². The zero-order valence-electron chi connectivity index (χ0n) is 35.5. The minimum Gasteiger partial charge on any atom is -0.456 e. The van der Waals surface area contributed by atoms with Crippen molar-refractivity contribution in [1.29, 1.82) is 0 Å². The molecule has 0 aliphatic heterocycles. The molecule has 0 fully saturated rings. The number of hydrogen-bond donors (Lipinski definition) is 0. The van der Waals surface area contributed by atoms with Gasteiger partial charge in [0.25, 0.3) is 0 Å². The summed E-state index contributed by atoms with van der Waals surface area (Å²) >= 11 is 0. The van der Waals surface area contributed by atoms with Crippen LogP contribution >= 0.6 is 0 Å². The summed E-state index contributed by atoms with van der Waals surface area (Å²) in [5.41, 5.74) is 18.8. The predicted molar refractivity (Wildman–Crippen MR) is 263 cm³/mol. The van der Waals surface area contributed by atoms with Crippen molar-refractivity contribution in [3.63, 3.8) is 0 Å². The Bertz CT molecular complexity index is 3550. The summed E-state index contributed by atoms with van der Waals surface area (Å²) in [5.74, 6) is 1.79. The van der Waals surface area contributed by atoms with Crippen LogP contribution in [0.1, 0.15) is 25.0 Å². The molecule has 302 valence electrons. The predicted octanol–water partition coefficient (Wildman–Crippen LogP) is 15.7. The highest BCUT2D eigenvalue weighted by molar-refractivity contribution is 6.13. The van der Waals surface area contributed by atoms with E-state index in [1.807, 2.05) is 30.3 Å². The minimum atomic E-state index is -0.0469. The van der Waals surface area contributed by atoms with Crippen LogP contribution in [0, 0.1) is 0 Å². The molecular formula is C60H41N3O. The standard InChI is InChI=1S/C60H41N3O/c1-60(2)51-24-12-11-21-48(51)55-46(22-13-25-52(55)60)42-31-27-40(28-32-42)44-35-36-53-50(37-44)56-49(23-14-26-54(56)64-53)59-62-57(43-33-29-39(30-34-43)38-15-5-3-6-16-38)61-58(63-59)47-20-10-9-19-45(47)41-17-7-4-8-18-41/h3-37H,1-2H3. The molecule has 9 aromatic carbocycles. The Hall–Kier alpha value is -8.21. The summed E-state index contributed by atoms with van der Waals surface area (Å²) in [6.07, 6.45) is 0. The number of hydrogen-bond acceptors (Lipinski definition) is 4. The van der Waals surface area contributed by atoms with Crippen molar-refractivity contribution in [2.24, 2.45) is 0 Å². The van der Waals surface area contributed by atoms with Crippen molar-refractivity contribution >= 4 is 21.9 Å². The molecule has 0 saturated heterocycles. The molecule has 0 amide bonds. The van der Waals surface area contributed by atoms with Crippen LogP contribution in [0.5, 0.6) is 0 Å². The maximum Gasteiger partial charge on any atom is 0.164 e. The van der Waals surface area contributed by atoms with E-state index in [0.29, 0.717) is 17.5 Å². The summed E-state index contributed by atoms with van der Waals surface area (Å²) in [4.78, 5) is 15.7. The van der Waals surface area contributed by atoms with Gasteiger partial charge in [0, 0.05) is 32.9 Å². The Balaban J connectivity index is 0.979. The lowest BCUT2D eigenvalue weighted by Gasteiger charge is -2.21. The van der Waals surface area contributed by atoms with Gasteiger partial charge in [-0.15, -0.1) is 0 Å². The Kier molecular flexibility index (Phi) is 8.80. The van der Waals surface area contributed by atoms with E-state index in [-0.39, 0.29) is 5.41 Å². The molecule has 12 rings (SSSR count). The number of nitrogens with zero attached hydrogens (tertiary/aromatic N) is 3. The van der Waals surface area contributed by atoms with Crippen molar-refractivity contribution in [2.75, 3.05) is 0 Å². The normalized spacial score (nSPS) is 12.7. The molecule has 4 nitrogen and oxygen atoms in total. The van der Waals surface area contributed by atoms with E-state index in [9.17, 15) is 0 Å². The Labute approximate surface area is 372 Å². The van der Waals surface area contributed by atoms with Gasteiger partial charge < -0.3 is 4.42 Å². The monoisotopic (exact) mass is 819 g/mol. The fourth-order valence-electron chi connectivity index (χ4n) is 9.77. The van der Waals surface area contributed by atoms with Crippen molar-refractivity contribution in [1.82, 2.24) is 15.0 Å². The molecule has 0 atom stereocenters. The van der Waals surface area contributed by atoms with Crippen LogP contribution < -0.4 is 0 Å². The zero-order valence-corrected chi connectivity index (χ0v) is 35.5. The van der Waals surface area contributed by atoms with Gasteiger partial charge in [0.2, 0.25) is 0 Å². The lowest BCUT2D eigenvalue weighted by atomic mass is 9.82. The maximum atomic E-state index is 6.56. The number of benzene rings is 9. The fraction of sp³-hybridized carbons (Fsp3) is 0.0500. The van der Waals surface area contributed by atoms with Gasteiger partial charge in [0.15, 0.2) is 17.5 Å². The molecule has 0 radical (unpaired) electrons. The van der Waals surface area contributed by atoms with Crippen LogP contribution in [0.25, 0.3) is 112 Å². The van der Waals surface area contributed by atoms with Gasteiger partial charge in [-0.3, -0.25) is 0 Å². The Morgan fingerprint density at radius 2 is 0.812 bits per heavy atom. The molecule has 4 heteroatoms. The smallest absolute Gasteiger partial charge is 0.164 e. The second-order valence-corrected chi connectivity index (χ2v) is 17.1. The first-order chi connectivity index (χ1) is 31.5. The van der Waals surface area contributed by atoms with Crippen molar-refractivity contribution < 1.29 is 4.42 Å². The van der Waals surface area contributed by atoms with Gasteiger partial charge in [0.05, 0.1) is 0 Å². The molecule has 0 N–H and O–H groups in total. The average Bonchev–Trinajstić information content (AvgIpc) is 3.86. The molecule has 64 heavy (non-hydrogen) atoms. The maximum absolute atomic E-state index is 6.56. The van der Waals surface area contributed by atoms with E-state index in [1.165, 1.54) is 33.4 Å². The highest BCUT2D eigenvalue weighted by Gasteiger charge is 2.36. The molecule has 11 aromatic rings. The quantitative estimate of drug-likeness (QED) is 0.161. The number of furan rings is 1. The summed E-state index contributed by atoms with van der Waals surface area (Å²) < 4.78 is 6.56. The molecule has 1 aliphatic rings. The molecule has 2 aromatic heterocycles. The summed E-state index contributed by atoms with van der Waals surface area (Å²) in [5, 5.41) is 1.98. The largest absolute Gasteiger partial charge is 0.456 e. The third kappa shape index (κ3) is 6.26. The van der Waals surface area contributed by atoms with Crippen LogP contribution in [0.4, 0.5) is 0 Å². The zero-order chi connectivity index (χ0) is 42.8. The van der Waals surface area contributed by atoms with E-state index < -0.39 is 0 Å². The molecular weight excluding hydrogens is 779 g/mol. The Morgan fingerprint density at radius 1 is 0.328 bits per heavy atom. The van der Waals surface area contributed by atoms with Crippen LogP contribution in [-0.2, 0) is 5.41 Å². The summed E-state index contributed by atoms with van der Waals surface area (Å²) in [6.45, 7) is 4.67. The van der Waals surface area contributed by atoms with E-state index in [0.717, 1.165) is 72.0 Å². The first-order valence-corrected chi connectivity index (χ1v) is 21.8. The van der Waals surface area contributed by atoms with Gasteiger partial charge >= 0.3 is 0 Å². The minimum absolute atomic E-state index is 0.0469. The summed E-state index contributed by atoms with van der Waals surface area (Å²) in [6, 6.07) is 74.9. The highest BCUT2D eigenvalue weighted by Crippen LogP contribution is 2.52. The van der Waals surface area contributed by atoms with Crippen molar-refractivity contribution in [3.8, 4) is 89.8 Å². The number of fused-ring (bicyclic) bond motifs is 6. The van der Waals surface area contributed by atoms with Gasteiger partial charge in [-0.1, -0.05) is 208 Å². The molecule has 1 aliphatic carbocycles. The van der Waals surface area contributed by atoms with Crippen LogP contribution in [0.15, 0.2) is 217 Å². The van der Waals surface area contributed by atoms with Gasteiger partial charge in [-0.25, -0.2) is 15.0 Å². The van der Waals surface area contributed by atoms with Crippen molar-refractivity contribution in [2.45, 2.75) is 19.3 Å². The SMILES string of the molecule is CC1(C)c2ccccc2-c2c(-c3ccc(-c4ccc5oc6cccc(-c7nc(-c8ccc(-c9ccccc9)cc8)nc(-c8ccccc8-c8ccccc8)n7)c6c5c4)cc3)cccc21. The van der Waals surface area contributed by atoms with Gasteiger partial charge in [-0.05, 0) is 85.0 Å². The van der Waals surface area contributed by atoms with Crippen LogP contribution in [0.3, 0.4) is 0 Å². The molecule has 2 heterocycles. The molecule has 0 bridgehead atoms. The van der Waals surface area contributed by atoms with Gasteiger partial charge in [-0.2, -0.15) is 0 Å². The van der Waals surface area contributed by atoms with E-state index >= 15 is 0 Å². The summed E-state index contributed by atoms with van der Waals surface area (Å²) in [7, 11) is 0. The third-order valence-electron chi connectivity index (χ3n) is 13.0. The Morgan fingerprint density at radius 3 is 1.56 bits per heavy atom. The second-order valence-electron chi connectivity index (χ2n) is 17.1. The van der Waals surface area contributed by atoms with E-state index in [4.69, 9.17) is 19.4 Å². The third-order valence-corrected chi connectivity index (χ3v) is 13.0. The average molecular weight is 820 g/mol. The molecule has 0 spiro atoms. The molecule has 0 saturated carbocycles. The fourth-order valence-corrected chi connectivity index (χ4v) is 9.77. The van der Waals surface area contributed by atoms with Crippen LogP contribution in [0.2, 0.25) is 0 Å².